The lowest BCUT2D eigenvalue weighted by atomic mass is 10.1. The summed E-state index contributed by atoms with van der Waals surface area (Å²) in [5.41, 5.74) is 0.832. The molecule has 0 atom stereocenters. The summed E-state index contributed by atoms with van der Waals surface area (Å²) < 4.78 is 48.3. The number of aliphatic imine (C=N–C) groups is 1. The van der Waals surface area contributed by atoms with Crippen LogP contribution in [0.4, 0.5) is 13.2 Å². The number of rotatable bonds is 6. The van der Waals surface area contributed by atoms with Crippen LogP contribution in [0.25, 0.3) is 0 Å². The number of nitrogens with zero attached hydrogens (tertiary/aromatic N) is 2. The Balaban J connectivity index is 2.05. The summed E-state index contributed by atoms with van der Waals surface area (Å²) in [6.45, 7) is 0.747. The number of guanidine groups is 1. The van der Waals surface area contributed by atoms with E-state index in [1.165, 1.54) is 26.4 Å². The van der Waals surface area contributed by atoms with Crippen LogP contribution in [-0.4, -0.2) is 44.3 Å². The van der Waals surface area contributed by atoms with Gasteiger partial charge in [0.05, 0.1) is 19.8 Å². The van der Waals surface area contributed by atoms with E-state index in [0.717, 1.165) is 23.3 Å². The van der Waals surface area contributed by atoms with Gasteiger partial charge in [-0.15, -0.1) is 0 Å². The van der Waals surface area contributed by atoms with Crippen LogP contribution >= 0.6 is 0 Å². The molecule has 0 radical (unpaired) electrons. The maximum Gasteiger partial charge on any atom is 0.416 e. The van der Waals surface area contributed by atoms with Gasteiger partial charge in [0.15, 0.2) is 17.5 Å². The van der Waals surface area contributed by atoms with Crippen molar-refractivity contribution in [3.63, 3.8) is 0 Å². The van der Waals surface area contributed by atoms with Crippen LogP contribution in [0.15, 0.2) is 41.4 Å². The molecule has 2 aromatic rings. The van der Waals surface area contributed by atoms with Crippen molar-refractivity contribution in [3.8, 4) is 17.2 Å². The van der Waals surface area contributed by atoms with E-state index in [1.807, 2.05) is 0 Å². The van der Waals surface area contributed by atoms with Gasteiger partial charge in [-0.05, 0) is 35.4 Å². The van der Waals surface area contributed by atoms with Gasteiger partial charge in [0.25, 0.3) is 0 Å². The molecule has 0 saturated carbocycles. The van der Waals surface area contributed by atoms with Crippen LogP contribution in [0, 0.1) is 0 Å². The molecule has 2 rings (SSSR count). The lowest BCUT2D eigenvalue weighted by Gasteiger charge is -2.22. The molecule has 29 heavy (non-hydrogen) atoms. The molecule has 0 heterocycles. The number of alkyl halides is 3. The van der Waals surface area contributed by atoms with Crippen molar-refractivity contribution >= 4 is 5.96 Å². The molecule has 0 aliphatic rings. The Labute approximate surface area is 167 Å². The van der Waals surface area contributed by atoms with Crippen molar-refractivity contribution < 1.29 is 27.8 Å². The fraction of sp³-hybridized carbons (Fsp3) is 0.350. The molecule has 9 heteroatoms. The first-order valence-electron chi connectivity index (χ1n) is 8.71. The predicted octanol–water partition coefficient (Wildman–Crippen LogP) is 3.64. The van der Waals surface area contributed by atoms with Gasteiger partial charge in [-0.2, -0.15) is 13.2 Å². The molecule has 0 unspecified atom stereocenters. The van der Waals surface area contributed by atoms with E-state index < -0.39 is 11.7 Å². The molecule has 2 aromatic carbocycles. The number of phenolic OH excluding ortho intramolecular Hbond substituents is 1. The highest BCUT2D eigenvalue weighted by atomic mass is 19.4. The zero-order chi connectivity index (χ0) is 21.6. The Morgan fingerprint density at radius 3 is 2.07 bits per heavy atom. The van der Waals surface area contributed by atoms with Crippen molar-refractivity contribution in [2.45, 2.75) is 19.3 Å². The van der Waals surface area contributed by atoms with E-state index in [1.54, 1.807) is 31.1 Å². The first-order chi connectivity index (χ1) is 13.7. The molecule has 0 aromatic heterocycles. The smallest absolute Gasteiger partial charge is 0.416 e. The first kappa shape index (κ1) is 22.2. The number of phenols is 1. The highest BCUT2D eigenvalue weighted by Gasteiger charge is 2.29. The number of hydrogen-bond donors (Lipinski definition) is 2. The zero-order valence-corrected chi connectivity index (χ0v) is 16.7. The highest BCUT2D eigenvalue weighted by molar-refractivity contribution is 5.79. The number of aromatic hydroxyl groups is 1. The van der Waals surface area contributed by atoms with E-state index >= 15 is 0 Å². The lowest BCUT2D eigenvalue weighted by molar-refractivity contribution is -0.137. The van der Waals surface area contributed by atoms with Gasteiger partial charge in [0.1, 0.15) is 0 Å². The fourth-order valence-electron chi connectivity index (χ4n) is 2.76. The van der Waals surface area contributed by atoms with E-state index in [4.69, 9.17) is 9.47 Å². The standard InChI is InChI=1S/C20H24F3N3O3/c1-24-19(25-11-14-9-16(28-3)18(27)17(10-14)29-4)26(2)12-13-5-7-15(8-6-13)20(21,22)23/h5-10,27H,11-12H2,1-4H3,(H,24,25). The van der Waals surface area contributed by atoms with E-state index in [-0.39, 0.29) is 17.2 Å². The van der Waals surface area contributed by atoms with Crippen LogP contribution in [0.5, 0.6) is 17.2 Å². The third kappa shape index (κ3) is 5.69. The average molecular weight is 411 g/mol. The van der Waals surface area contributed by atoms with Gasteiger partial charge < -0.3 is 24.8 Å². The van der Waals surface area contributed by atoms with E-state index in [0.29, 0.717) is 19.0 Å². The molecule has 0 aliphatic carbocycles. The third-order valence-electron chi connectivity index (χ3n) is 4.26. The maximum atomic E-state index is 12.7. The monoisotopic (exact) mass is 411 g/mol. The summed E-state index contributed by atoms with van der Waals surface area (Å²) in [6, 6.07) is 8.37. The van der Waals surface area contributed by atoms with Crippen molar-refractivity contribution in [1.82, 2.24) is 10.2 Å². The second-order valence-corrected chi connectivity index (χ2v) is 6.30. The molecule has 0 spiro atoms. The average Bonchev–Trinajstić information content (AvgIpc) is 2.69. The summed E-state index contributed by atoms with van der Waals surface area (Å²) in [5.74, 6) is 1.04. The number of hydrogen-bond acceptors (Lipinski definition) is 4. The normalized spacial score (nSPS) is 11.9. The minimum atomic E-state index is -4.35. The second kappa shape index (κ2) is 9.40. The van der Waals surface area contributed by atoms with Gasteiger partial charge in [0, 0.05) is 27.2 Å². The van der Waals surface area contributed by atoms with Gasteiger partial charge in [-0.3, -0.25) is 4.99 Å². The molecular formula is C20H24F3N3O3. The quantitative estimate of drug-likeness (QED) is 0.561. The second-order valence-electron chi connectivity index (χ2n) is 6.30. The molecule has 0 saturated heterocycles. The summed E-state index contributed by atoms with van der Waals surface area (Å²) in [5, 5.41) is 13.2. The molecule has 6 nitrogen and oxygen atoms in total. The van der Waals surface area contributed by atoms with Crippen LogP contribution < -0.4 is 14.8 Å². The minimum absolute atomic E-state index is 0.0810. The maximum absolute atomic E-state index is 12.7. The van der Waals surface area contributed by atoms with E-state index in [2.05, 4.69) is 10.3 Å². The zero-order valence-electron chi connectivity index (χ0n) is 16.7. The Bertz CT molecular complexity index is 827. The van der Waals surface area contributed by atoms with Crippen LogP contribution in [0.1, 0.15) is 16.7 Å². The topological polar surface area (TPSA) is 66.3 Å². The first-order valence-corrected chi connectivity index (χ1v) is 8.71. The Morgan fingerprint density at radius 2 is 1.62 bits per heavy atom. The largest absolute Gasteiger partial charge is 0.502 e. The molecule has 0 amide bonds. The molecule has 0 bridgehead atoms. The Morgan fingerprint density at radius 1 is 1.07 bits per heavy atom. The summed E-state index contributed by atoms with van der Waals surface area (Å²) in [7, 11) is 6.29. The number of benzene rings is 2. The number of methoxy groups -OCH3 is 2. The summed E-state index contributed by atoms with van der Waals surface area (Å²) in [4.78, 5) is 5.99. The number of halogens is 3. The van der Waals surface area contributed by atoms with Crippen molar-refractivity contribution in [2.75, 3.05) is 28.3 Å². The van der Waals surface area contributed by atoms with Gasteiger partial charge in [-0.1, -0.05) is 12.1 Å². The molecule has 0 fully saturated rings. The van der Waals surface area contributed by atoms with E-state index in [9.17, 15) is 18.3 Å². The molecule has 158 valence electrons. The van der Waals surface area contributed by atoms with Crippen molar-refractivity contribution in [2.24, 2.45) is 4.99 Å². The minimum Gasteiger partial charge on any atom is -0.502 e. The van der Waals surface area contributed by atoms with Crippen LogP contribution in [-0.2, 0) is 19.3 Å². The molecule has 0 aliphatic heterocycles. The fourth-order valence-corrected chi connectivity index (χ4v) is 2.76. The lowest BCUT2D eigenvalue weighted by Crippen LogP contribution is -2.38. The van der Waals surface area contributed by atoms with Gasteiger partial charge in [-0.25, -0.2) is 0 Å². The van der Waals surface area contributed by atoms with Crippen molar-refractivity contribution in [1.29, 1.82) is 0 Å². The third-order valence-corrected chi connectivity index (χ3v) is 4.26. The van der Waals surface area contributed by atoms with Crippen LogP contribution in [0.2, 0.25) is 0 Å². The molecular weight excluding hydrogens is 387 g/mol. The van der Waals surface area contributed by atoms with Gasteiger partial charge >= 0.3 is 6.18 Å². The highest BCUT2D eigenvalue weighted by Crippen LogP contribution is 2.37. The van der Waals surface area contributed by atoms with Crippen LogP contribution in [0.3, 0.4) is 0 Å². The number of nitrogens with one attached hydrogen (secondary N) is 1. The molecule has 2 N–H and O–H groups in total. The number of ether oxygens (including phenoxy) is 2. The van der Waals surface area contributed by atoms with Gasteiger partial charge in [0.2, 0.25) is 5.75 Å². The predicted molar refractivity (Wildman–Crippen MR) is 104 cm³/mol. The summed E-state index contributed by atoms with van der Waals surface area (Å²) in [6.07, 6.45) is -4.35. The van der Waals surface area contributed by atoms with Crippen molar-refractivity contribution in [3.05, 3.63) is 53.1 Å². The SMILES string of the molecule is CN=C(NCc1cc(OC)c(O)c(OC)c1)N(C)Cc1ccc(C(F)(F)F)cc1. The Hall–Kier alpha value is -3.10. The Kier molecular flexibility index (Phi) is 7.19. The summed E-state index contributed by atoms with van der Waals surface area (Å²) >= 11 is 0.